The fourth-order valence-electron chi connectivity index (χ4n) is 5.48. The van der Waals surface area contributed by atoms with E-state index in [0.717, 1.165) is 56.1 Å². The van der Waals surface area contributed by atoms with Crippen molar-refractivity contribution in [1.29, 1.82) is 0 Å². The molecule has 0 fully saturated rings. The van der Waals surface area contributed by atoms with Gasteiger partial charge in [-0.15, -0.1) is 0 Å². The Balaban J connectivity index is 1.34. The van der Waals surface area contributed by atoms with Crippen LogP contribution in [0.25, 0.3) is 0 Å². The summed E-state index contributed by atoms with van der Waals surface area (Å²) in [5.74, 6) is -3.64. The quantitative estimate of drug-likeness (QED) is 0.110. The van der Waals surface area contributed by atoms with Gasteiger partial charge in [-0.05, 0) is 48.6 Å². The van der Waals surface area contributed by atoms with Gasteiger partial charge in [0, 0.05) is 36.9 Å². The van der Waals surface area contributed by atoms with Crippen LogP contribution < -0.4 is 14.2 Å². The van der Waals surface area contributed by atoms with Crippen LogP contribution in [-0.2, 0) is 15.6 Å². The summed E-state index contributed by atoms with van der Waals surface area (Å²) >= 11 is 0. The number of hydrogen-bond donors (Lipinski definition) is 4. The maximum atomic E-state index is 12.9. The van der Waals surface area contributed by atoms with Gasteiger partial charge in [0.1, 0.15) is 17.2 Å². The molecule has 2 atom stereocenters. The zero-order valence-corrected chi connectivity index (χ0v) is 25.0. The number of unbranched alkanes of at least 4 members (excludes halogenated alkanes) is 6. The van der Waals surface area contributed by atoms with Crippen LogP contribution in [0, 0.1) is 0 Å². The van der Waals surface area contributed by atoms with E-state index in [9.17, 15) is 40.6 Å². The maximum absolute atomic E-state index is 12.9. The van der Waals surface area contributed by atoms with E-state index in [1.807, 2.05) is 22.9 Å². The molecular weight excluding hydrogens is 595 g/mol. The van der Waals surface area contributed by atoms with Gasteiger partial charge in [-0.25, -0.2) is 9.44 Å². The monoisotopic (exact) mass is 636 g/mol. The predicted octanol–water partition coefficient (Wildman–Crippen LogP) is 7.05. The average molecular weight is 637 g/mol. The zero-order valence-electron chi connectivity index (χ0n) is 24.2. The van der Waals surface area contributed by atoms with Crippen LogP contribution in [0.1, 0.15) is 88.2 Å². The number of aromatic hydroxyl groups is 2. The minimum atomic E-state index is -5.65. The smallest absolute Gasteiger partial charge is 0.453 e. The number of halogens is 5. The third kappa shape index (κ3) is 9.94. The summed E-state index contributed by atoms with van der Waals surface area (Å²) in [4.78, 5) is 0. The summed E-state index contributed by atoms with van der Waals surface area (Å²) in [6.45, 7) is 2.24. The molecule has 2 aromatic rings. The van der Waals surface area contributed by atoms with Crippen molar-refractivity contribution in [2.45, 2.75) is 94.6 Å². The van der Waals surface area contributed by atoms with E-state index in [1.54, 1.807) is 24.3 Å². The standard InChI is InChI=1S/C30H41F5N2O5S/c1-28(22-11-13-23(38)14-12-22)21-42-27-20-24(39)15-16-25(27)26(28)10-7-5-3-2-4-6-8-18-36-43(40,41)37-19-9-17-29(31,32)30(33,34)35/h11-16,20,26,36-39H,2-10,17-19,21H2,1H3/t26-,28+/m1/s1. The molecule has 0 bridgehead atoms. The number of rotatable bonds is 17. The van der Waals surface area contributed by atoms with Crippen molar-refractivity contribution < 1.29 is 45.3 Å². The Morgan fingerprint density at radius 3 is 2.02 bits per heavy atom. The first-order chi connectivity index (χ1) is 20.1. The van der Waals surface area contributed by atoms with Gasteiger partial charge < -0.3 is 14.9 Å². The van der Waals surface area contributed by atoms with Crippen LogP contribution in [0.2, 0.25) is 0 Å². The lowest BCUT2D eigenvalue weighted by Gasteiger charge is -2.43. The van der Waals surface area contributed by atoms with Crippen molar-refractivity contribution in [2.24, 2.45) is 0 Å². The van der Waals surface area contributed by atoms with Crippen molar-refractivity contribution in [2.75, 3.05) is 19.7 Å². The highest BCUT2D eigenvalue weighted by atomic mass is 32.2. The van der Waals surface area contributed by atoms with Crippen LogP contribution in [0.15, 0.2) is 42.5 Å². The topological polar surface area (TPSA) is 108 Å². The van der Waals surface area contributed by atoms with E-state index < -0.39 is 41.7 Å². The molecule has 1 aliphatic rings. The molecule has 3 rings (SSSR count). The molecule has 0 aromatic heterocycles. The van der Waals surface area contributed by atoms with E-state index in [1.165, 1.54) is 0 Å². The molecule has 0 saturated carbocycles. The van der Waals surface area contributed by atoms with Crippen molar-refractivity contribution >= 4 is 10.2 Å². The number of nitrogens with one attached hydrogen (secondary N) is 2. The Kier molecular flexibility index (Phi) is 12.1. The van der Waals surface area contributed by atoms with E-state index in [4.69, 9.17) is 4.74 Å². The summed E-state index contributed by atoms with van der Waals surface area (Å²) in [5.41, 5.74) is 1.81. The first-order valence-electron chi connectivity index (χ1n) is 14.6. The summed E-state index contributed by atoms with van der Waals surface area (Å²) in [6.07, 6.45) is -0.601. The van der Waals surface area contributed by atoms with Crippen LogP contribution in [-0.4, -0.2) is 50.4 Å². The number of hydrogen-bond acceptors (Lipinski definition) is 5. The van der Waals surface area contributed by atoms with Crippen LogP contribution in [0.4, 0.5) is 22.0 Å². The van der Waals surface area contributed by atoms with E-state index >= 15 is 0 Å². The van der Waals surface area contributed by atoms with Gasteiger partial charge in [0.25, 0.3) is 10.2 Å². The lowest BCUT2D eigenvalue weighted by atomic mass is 9.66. The third-order valence-electron chi connectivity index (χ3n) is 8.03. The second-order valence-electron chi connectivity index (χ2n) is 11.4. The maximum Gasteiger partial charge on any atom is 0.453 e. The lowest BCUT2D eigenvalue weighted by molar-refractivity contribution is -0.284. The molecule has 1 heterocycles. The second-order valence-corrected chi connectivity index (χ2v) is 13.0. The van der Waals surface area contributed by atoms with Gasteiger partial charge in [-0.1, -0.05) is 63.6 Å². The van der Waals surface area contributed by atoms with Gasteiger partial charge in [0.05, 0.1) is 6.61 Å². The van der Waals surface area contributed by atoms with Gasteiger partial charge >= 0.3 is 12.1 Å². The van der Waals surface area contributed by atoms with Crippen molar-refractivity contribution in [3.05, 3.63) is 53.6 Å². The van der Waals surface area contributed by atoms with Crippen LogP contribution in [0.3, 0.4) is 0 Å². The van der Waals surface area contributed by atoms with E-state index in [-0.39, 0.29) is 29.4 Å². The molecule has 13 heteroatoms. The molecule has 0 spiro atoms. The lowest BCUT2D eigenvalue weighted by Crippen LogP contribution is -2.40. The number of alkyl halides is 5. The molecule has 2 aromatic carbocycles. The normalized spacial score (nSPS) is 19.2. The fraction of sp³-hybridized carbons (Fsp3) is 0.600. The largest absolute Gasteiger partial charge is 0.508 e. The van der Waals surface area contributed by atoms with Crippen molar-refractivity contribution in [1.82, 2.24) is 9.44 Å². The molecule has 0 radical (unpaired) electrons. The first-order valence-corrected chi connectivity index (χ1v) is 16.1. The number of phenols is 2. The Bertz CT molecular complexity index is 1270. The molecular formula is C30H41F5N2O5S. The number of fused-ring (bicyclic) bond motifs is 1. The van der Waals surface area contributed by atoms with Crippen LogP contribution >= 0.6 is 0 Å². The highest BCUT2D eigenvalue weighted by Gasteiger charge is 2.56. The zero-order chi connectivity index (χ0) is 31.7. The Morgan fingerprint density at radius 1 is 0.837 bits per heavy atom. The van der Waals surface area contributed by atoms with E-state index in [0.29, 0.717) is 18.8 Å². The first kappa shape index (κ1) is 34.8. The Morgan fingerprint density at radius 2 is 1.40 bits per heavy atom. The van der Waals surface area contributed by atoms with Gasteiger partial charge in [0.2, 0.25) is 0 Å². The van der Waals surface area contributed by atoms with Gasteiger partial charge in [-0.3, -0.25) is 0 Å². The van der Waals surface area contributed by atoms with E-state index in [2.05, 4.69) is 11.6 Å². The number of benzene rings is 2. The highest BCUT2D eigenvalue weighted by molar-refractivity contribution is 7.87. The summed E-state index contributed by atoms with van der Waals surface area (Å²) in [5, 5.41) is 19.7. The highest BCUT2D eigenvalue weighted by Crippen LogP contribution is 2.49. The molecule has 242 valence electrons. The minimum absolute atomic E-state index is 0.141. The SMILES string of the molecule is C[C@@]1(c2ccc(O)cc2)COc2cc(O)ccc2[C@H]1CCCCCCCCCNS(=O)(=O)NCCCC(F)(F)C(F)(F)F. The third-order valence-corrected chi connectivity index (χ3v) is 9.20. The van der Waals surface area contributed by atoms with Crippen molar-refractivity contribution in [3.8, 4) is 17.2 Å². The molecule has 43 heavy (non-hydrogen) atoms. The van der Waals surface area contributed by atoms with Gasteiger partial charge in [0.15, 0.2) is 0 Å². The predicted molar refractivity (Wildman–Crippen MR) is 154 cm³/mol. The number of ether oxygens (including phenoxy) is 1. The molecule has 0 saturated heterocycles. The summed E-state index contributed by atoms with van der Waals surface area (Å²) in [6, 6.07) is 12.4. The molecule has 0 amide bonds. The van der Waals surface area contributed by atoms with Gasteiger partial charge in [-0.2, -0.15) is 30.4 Å². The second kappa shape index (κ2) is 14.9. The molecule has 1 aliphatic heterocycles. The van der Waals surface area contributed by atoms with Crippen molar-refractivity contribution in [3.63, 3.8) is 0 Å². The molecule has 4 N–H and O–H groups in total. The minimum Gasteiger partial charge on any atom is -0.508 e. The molecule has 0 unspecified atom stereocenters. The average Bonchev–Trinajstić information content (AvgIpc) is 2.93. The number of phenolic OH excluding ortho intramolecular Hbond substituents is 2. The van der Waals surface area contributed by atoms with Crippen LogP contribution in [0.5, 0.6) is 17.2 Å². The summed E-state index contributed by atoms with van der Waals surface area (Å²) < 4.78 is 96.4. The Hall–Kier alpha value is -2.64. The Labute approximate surface area is 250 Å². The molecule has 7 nitrogen and oxygen atoms in total. The summed E-state index contributed by atoms with van der Waals surface area (Å²) in [7, 11) is -3.97. The molecule has 0 aliphatic carbocycles. The fourth-order valence-corrected chi connectivity index (χ4v) is 6.41.